The average Bonchev–Trinajstić information content (AvgIpc) is 3.11. The summed E-state index contributed by atoms with van der Waals surface area (Å²) in [6.45, 7) is 2.10. The molecular formula is C14H13N3O2S2. The van der Waals surface area contributed by atoms with Crippen LogP contribution in [-0.2, 0) is 4.79 Å². The lowest BCUT2D eigenvalue weighted by atomic mass is 10.2. The van der Waals surface area contributed by atoms with Gasteiger partial charge in [-0.05, 0) is 24.4 Å². The Labute approximate surface area is 129 Å². The SMILES string of the molecule is CC(c1cccs1)n1c(SCC(=O)O)nc2cnccc21. The van der Waals surface area contributed by atoms with E-state index in [1.165, 1.54) is 16.6 Å². The normalized spacial score (nSPS) is 12.6. The molecular weight excluding hydrogens is 306 g/mol. The van der Waals surface area contributed by atoms with E-state index in [0.29, 0.717) is 5.16 Å². The van der Waals surface area contributed by atoms with Gasteiger partial charge >= 0.3 is 5.97 Å². The zero-order valence-electron chi connectivity index (χ0n) is 11.3. The number of aromatic nitrogens is 3. The molecule has 0 aromatic carbocycles. The Balaban J connectivity index is 2.08. The van der Waals surface area contributed by atoms with E-state index >= 15 is 0 Å². The first-order chi connectivity index (χ1) is 10.2. The van der Waals surface area contributed by atoms with Gasteiger partial charge in [0.2, 0.25) is 0 Å². The van der Waals surface area contributed by atoms with Gasteiger partial charge in [-0.25, -0.2) is 4.98 Å². The Bertz CT molecular complexity index is 768. The molecule has 1 N–H and O–H groups in total. The fourth-order valence-electron chi connectivity index (χ4n) is 2.19. The fourth-order valence-corrected chi connectivity index (χ4v) is 3.77. The zero-order valence-corrected chi connectivity index (χ0v) is 12.9. The Kier molecular flexibility index (Phi) is 3.94. The van der Waals surface area contributed by atoms with Gasteiger partial charge in [-0.3, -0.25) is 9.78 Å². The summed E-state index contributed by atoms with van der Waals surface area (Å²) in [5.41, 5.74) is 1.76. The van der Waals surface area contributed by atoms with Gasteiger partial charge in [-0.15, -0.1) is 11.3 Å². The lowest BCUT2D eigenvalue weighted by molar-refractivity contribution is -0.133. The quantitative estimate of drug-likeness (QED) is 0.731. The molecule has 3 aromatic heterocycles. The Morgan fingerprint density at radius 3 is 3.10 bits per heavy atom. The lowest BCUT2D eigenvalue weighted by Crippen LogP contribution is -2.08. The number of carbonyl (C=O) groups is 1. The number of nitrogens with zero attached hydrogens (tertiary/aromatic N) is 3. The molecule has 0 aliphatic carbocycles. The van der Waals surface area contributed by atoms with Crippen molar-refractivity contribution in [2.75, 3.05) is 5.75 Å². The maximum Gasteiger partial charge on any atom is 0.313 e. The molecule has 0 radical (unpaired) electrons. The van der Waals surface area contributed by atoms with Crippen LogP contribution >= 0.6 is 23.1 Å². The third-order valence-electron chi connectivity index (χ3n) is 3.13. The molecule has 0 bridgehead atoms. The van der Waals surface area contributed by atoms with Crippen LogP contribution in [0.4, 0.5) is 0 Å². The van der Waals surface area contributed by atoms with Crippen LogP contribution in [0.3, 0.4) is 0 Å². The summed E-state index contributed by atoms with van der Waals surface area (Å²) in [6.07, 6.45) is 3.44. The maximum atomic E-state index is 10.8. The predicted octanol–water partition coefficient (Wildman–Crippen LogP) is 3.28. The van der Waals surface area contributed by atoms with Crippen molar-refractivity contribution in [1.82, 2.24) is 14.5 Å². The standard InChI is InChI=1S/C14H13N3O2S2/c1-9(12-3-2-6-20-12)17-11-4-5-15-7-10(11)16-14(17)21-8-13(18)19/h2-7,9H,8H2,1H3,(H,18,19). The van der Waals surface area contributed by atoms with Gasteiger partial charge in [-0.2, -0.15) is 0 Å². The number of rotatable bonds is 5. The first-order valence-corrected chi connectivity index (χ1v) is 8.23. The van der Waals surface area contributed by atoms with E-state index in [2.05, 4.69) is 27.5 Å². The van der Waals surface area contributed by atoms with Crippen molar-refractivity contribution >= 4 is 40.1 Å². The highest BCUT2D eigenvalue weighted by atomic mass is 32.2. The molecule has 0 aliphatic rings. The fraction of sp³-hybridized carbons (Fsp3) is 0.214. The van der Waals surface area contributed by atoms with Gasteiger partial charge in [0, 0.05) is 11.1 Å². The van der Waals surface area contributed by atoms with E-state index in [-0.39, 0.29) is 11.8 Å². The second-order valence-corrected chi connectivity index (χ2v) is 6.42. The molecule has 0 fully saturated rings. The maximum absolute atomic E-state index is 10.8. The number of pyridine rings is 1. The van der Waals surface area contributed by atoms with Crippen LogP contribution in [0.1, 0.15) is 17.8 Å². The van der Waals surface area contributed by atoms with Crippen LogP contribution in [0.25, 0.3) is 11.0 Å². The summed E-state index contributed by atoms with van der Waals surface area (Å²) >= 11 is 2.92. The number of hydrogen-bond donors (Lipinski definition) is 1. The second kappa shape index (κ2) is 5.87. The molecule has 1 unspecified atom stereocenters. The van der Waals surface area contributed by atoms with Gasteiger partial charge in [-0.1, -0.05) is 17.8 Å². The summed E-state index contributed by atoms with van der Waals surface area (Å²) in [7, 11) is 0. The molecule has 21 heavy (non-hydrogen) atoms. The highest BCUT2D eigenvalue weighted by molar-refractivity contribution is 7.99. The van der Waals surface area contributed by atoms with Crippen molar-refractivity contribution in [3.05, 3.63) is 40.8 Å². The van der Waals surface area contributed by atoms with Crippen molar-refractivity contribution < 1.29 is 9.90 Å². The second-order valence-electron chi connectivity index (χ2n) is 4.50. The smallest absolute Gasteiger partial charge is 0.313 e. The van der Waals surface area contributed by atoms with Crippen molar-refractivity contribution in [2.45, 2.75) is 18.1 Å². The third-order valence-corrected chi connectivity index (χ3v) is 5.11. The van der Waals surface area contributed by atoms with Gasteiger partial charge in [0.25, 0.3) is 0 Å². The largest absolute Gasteiger partial charge is 0.481 e. The van der Waals surface area contributed by atoms with Crippen molar-refractivity contribution in [1.29, 1.82) is 0 Å². The highest BCUT2D eigenvalue weighted by Crippen LogP contribution is 2.32. The molecule has 3 aromatic rings. The topological polar surface area (TPSA) is 68.0 Å². The molecule has 0 spiro atoms. The van der Waals surface area contributed by atoms with Crippen LogP contribution in [0.2, 0.25) is 0 Å². The lowest BCUT2D eigenvalue weighted by Gasteiger charge is -2.15. The monoisotopic (exact) mass is 319 g/mol. The number of aliphatic carboxylic acids is 1. The number of fused-ring (bicyclic) bond motifs is 1. The van der Waals surface area contributed by atoms with E-state index in [1.807, 2.05) is 17.5 Å². The average molecular weight is 319 g/mol. The summed E-state index contributed by atoms with van der Waals surface area (Å²) in [6, 6.07) is 6.11. The van der Waals surface area contributed by atoms with E-state index < -0.39 is 5.97 Å². The molecule has 0 saturated carbocycles. The van der Waals surface area contributed by atoms with E-state index in [1.54, 1.807) is 23.7 Å². The summed E-state index contributed by atoms with van der Waals surface area (Å²) in [5.74, 6) is -0.853. The molecule has 1 atom stereocenters. The van der Waals surface area contributed by atoms with Gasteiger partial charge < -0.3 is 9.67 Å². The zero-order chi connectivity index (χ0) is 14.8. The minimum atomic E-state index is -0.847. The van der Waals surface area contributed by atoms with Crippen LogP contribution in [0.5, 0.6) is 0 Å². The molecule has 7 heteroatoms. The highest BCUT2D eigenvalue weighted by Gasteiger charge is 2.19. The van der Waals surface area contributed by atoms with Crippen LogP contribution in [0.15, 0.2) is 41.1 Å². The number of thioether (sulfide) groups is 1. The Morgan fingerprint density at radius 2 is 2.38 bits per heavy atom. The number of hydrogen-bond acceptors (Lipinski definition) is 5. The summed E-state index contributed by atoms with van der Waals surface area (Å²) in [4.78, 5) is 20.6. The van der Waals surface area contributed by atoms with Gasteiger partial charge in [0.05, 0.1) is 23.5 Å². The predicted molar refractivity (Wildman–Crippen MR) is 84.0 cm³/mol. The molecule has 5 nitrogen and oxygen atoms in total. The molecule has 108 valence electrons. The first kappa shape index (κ1) is 14.1. The minimum absolute atomic E-state index is 0.00604. The molecule has 3 heterocycles. The summed E-state index contributed by atoms with van der Waals surface area (Å²) in [5, 5.41) is 11.6. The van der Waals surface area contributed by atoms with E-state index in [0.717, 1.165) is 11.0 Å². The van der Waals surface area contributed by atoms with Crippen molar-refractivity contribution in [2.24, 2.45) is 0 Å². The van der Waals surface area contributed by atoms with Crippen LogP contribution in [0, 0.1) is 0 Å². The number of carboxylic acid groups (broad SMARTS) is 1. The number of imidazole rings is 1. The van der Waals surface area contributed by atoms with Crippen LogP contribution in [-0.4, -0.2) is 31.4 Å². The summed E-state index contributed by atoms with van der Waals surface area (Å²) < 4.78 is 2.08. The first-order valence-electron chi connectivity index (χ1n) is 6.36. The van der Waals surface area contributed by atoms with Crippen molar-refractivity contribution in [3.8, 4) is 0 Å². The van der Waals surface area contributed by atoms with Gasteiger partial charge in [0.1, 0.15) is 5.52 Å². The minimum Gasteiger partial charge on any atom is -0.481 e. The Morgan fingerprint density at radius 1 is 1.52 bits per heavy atom. The van der Waals surface area contributed by atoms with Crippen molar-refractivity contribution in [3.63, 3.8) is 0 Å². The molecule has 0 aliphatic heterocycles. The molecule has 3 rings (SSSR count). The van der Waals surface area contributed by atoms with E-state index in [4.69, 9.17) is 5.11 Å². The Hall–Kier alpha value is -1.86. The van der Waals surface area contributed by atoms with Crippen LogP contribution < -0.4 is 0 Å². The molecule has 0 saturated heterocycles. The van der Waals surface area contributed by atoms with Gasteiger partial charge in [0.15, 0.2) is 5.16 Å². The molecule has 0 amide bonds. The van der Waals surface area contributed by atoms with E-state index in [9.17, 15) is 4.79 Å². The number of carboxylic acids is 1. The third kappa shape index (κ3) is 2.79. The number of thiophene rings is 1.